The van der Waals surface area contributed by atoms with Crippen molar-refractivity contribution < 1.29 is 0 Å². The van der Waals surface area contributed by atoms with Gasteiger partial charge in [-0.3, -0.25) is 0 Å². The van der Waals surface area contributed by atoms with E-state index in [-0.39, 0.29) is 5.54 Å². The van der Waals surface area contributed by atoms with Crippen molar-refractivity contribution in [3.8, 4) is 0 Å². The van der Waals surface area contributed by atoms with Crippen LogP contribution in [0.5, 0.6) is 0 Å². The summed E-state index contributed by atoms with van der Waals surface area (Å²) in [5.41, 5.74) is 6.29. The first-order chi connectivity index (χ1) is 3.92. The predicted molar refractivity (Wildman–Crippen MR) is 40.9 cm³/mol. The molecule has 9 heavy (non-hydrogen) atoms. The van der Waals surface area contributed by atoms with Crippen LogP contribution in [0.2, 0.25) is 0 Å². The standard InChI is InChI=1S/C7H16N2/c1-6(8)4-5-7(2,3)9/h8H,4-5,9H2,1-3H3. The highest BCUT2D eigenvalue weighted by Crippen LogP contribution is 2.06. The van der Waals surface area contributed by atoms with Gasteiger partial charge in [0.1, 0.15) is 0 Å². The van der Waals surface area contributed by atoms with Crippen molar-refractivity contribution in [1.82, 2.24) is 0 Å². The molecule has 0 amide bonds. The van der Waals surface area contributed by atoms with Gasteiger partial charge in [0.15, 0.2) is 0 Å². The zero-order chi connectivity index (χ0) is 7.49. The summed E-state index contributed by atoms with van der Waals surface area (Å²) in [7, 11) is 0. The second-order valence-electron chi connectivity index (χ2n) is 3.27. The second-order valence-corrected chi connectivity index (χ2v) is 3.27. The van der Waals surface area contributed by atoms with Crippen LogP contribution in [0.3, 0.4) is 0 Å². The molecule has 0 aromatic carbocycles. The van der Waals surface area contributed by atoms with Crippen molar-refractivity contribution in [2.24, 2.45) is 5.73 Å². The number of hydrogen-bond acceptors (Lipinski definition) is 2. The fraction of sp³-hybridized carbons (Fsp3) is 0.857. The Balaban J connectivity index is 3.39. The summed E-state index contributed by atoms with van der Waals surface area (Å²) in [5, 5.41) is 7.12. The minimum Gasteiger partial charge on any atom is -0.326 e. The van der Waals surface area contributed by atoms with E-state index in [0.29, 0.717) is 5.71 Å². The van der Waals surface area contributed by atoms with E-state index in [4.69, 9.17) is 11.1 Å². The van der Waals surface area contributed by atoms with Gasteiger partial charge in [-0.1, -0.05) is 0 Å². The van der Waals surface area contributed by atoms with Crippen LogP contribution in [-0.2, 0) is 0 Å². The highest BCUT2D eigenvalue weighted by Gasteiger charge is 2.09. The molecule has 0 aliphatic rings. The summed E-state index contributed by atoms with van der Waals surface area (Å²) < 4.78 is 0. The van der Waals surface area contributed by atoms with Crippen molar-refractivity contribution in [3.05, 3.63) is 0 Å². The lowest BCUT2D eigenvalue weighted by Gasteiger charge is -2.17. The molecule has 0 atom stereocenters. The van der Waals surface area contributed by atoms with Gasteiger partial charge in [0, 0.05) is 11.3 Å². The Kier molecular flexibility index (Phi) is 2.85. The Morgan fingerprint density at radius 1 is 1.56 bits per heavy atom. The molecule has 0 spiro atoms. The molecule has 3 N–H and O–H groups in total. The monoisotopic (exact) mass is 128 g/mol. The van der Waals surface area contributed by atoms with E-state index in [1.165, 1.54) is 0 Å². The maximum absolute atomic E-state index is 7.12. The highest BCUT2D eigenvalue weighted by atomic mass is 14.7. The number of nitrogens with two attached hydrogens (primary N) is 1. The Morgan fingerprint density at radius 3 is 2.11 bits per heavy atom. The van der Waals surface area contributed by atoms with E-state index in [9.17, 15) is 0 Å². The Hall–Kier alpha value is -0.370. The van der Waals surface area contributed by atoms with Gasteiger partial charge >= 0.3 is 0 Å². The summed E-state index contributed by atoms with van der Waals surface area (Å²) in [5.74, 6) is 0. The van der Waals surface area contributed by atoms with Gasteiger partial charge in [-0.15, -0.1) is 0 Å². The fourth-order valence-corrected chi connectivity index (χ4v) is 0.510. The van der Waals surface area contributed by atoms with Crippen LogP contribution in [0.25, 0.3) is 0 Å². The normalized spacial score (nSPS) is 11.6. The molecule has 0 radical (unpaired) electrons. The predicted octanol–water partition coefficient (Wildman–Crippen LogP) is 1.54. The van der Waals surface area contributed by atoms with Crippen molar-refractivity contribution in [2.75, 3.05) is 0 Å². The van der Waals surface area contributed by atoms with Gasteiger partial charge in [0.25, 0.3) is 0 Å². The third-order valence-corrected chi connectivity index (χ3v) is 1.14. The Bertz CT molecular complexity index is 100.0. The first kappa shape index (κ1) is 8.63. The molecule has 2 nitrogen and oxygen atoms in total. The molecular weight excluding hydrogens is 112 g/mol. The summed E-state index contributed by atoms with van der Waals surface area (Å²) >= 11 is 0. The Labute approximate surface area is 57.0 Å². The summed E-state index contributed by atoms with van der Waals surface area (Å²) in [6.07, 6.45) is 1.73. The van der Waals surface area contributed by atoms with Gasteiger partial charge in [-0.2, -0.15) is 0 Å². The molecule has 0 heterocycles. The smallest absolute Gasteiger partial charge is 0.0101 e. The quantitative estimate of drug-likeness (QED) is 0.556. The molecule has 0 saturated heterocycles. The molecule has 0 bridgehead atoms. The van der Waals surface area contributed by atoms with Crippen molar-refractivity contribution >= 4 is 5.71 Å². The topological polar surface area (TPSA) is 49.9 Å². The first-order valence-corrected chi connectivity index (χ1v) is 3.25. The zero-order valence-electron chi connectivity index (χ0n) is 6.49. The third kappa shape index (κ3) is 7.63. The van der Waals surface area contributed by atoms with Gasteiger partial charge in [0.2, 0.25) is 0 Å². The number of hydrogen-bond donors (Lipinski definition) is 2. The van der Waals surface area contributed by atoms with E-state index in [0.717, 1.165) is 12.8 Å². The average Bonchev–Trinajstić information content (AvgIpc) is 1.59. The molecule has 0 aromatic rings. The van der Waals surface area contributed by atoms with Crippen molar-refractivity contribution in [2.45, 2.75) is 39.2 Å². The van der Waals surface area contributed by atoms with Crippen LogP contribution in [-0.4, -0.2) is 11.3 Å². The van der Waals surface area contributed by atoms with Crippen LogP contribution in [0.1, 0.15) is 33.6 Å². The van der Waals surface area contributed by atoms with E-state index < -0.39 is 0 Å². The Morgan fingerprint density at radius 2 is 2.00 bits per heavy atom. The second kappa shape index (κ2) is 2.97. The highest BCUT2D eigenvalue weighted by molar-refractivity contribution is 5.78. The molecule has 0 fully saturated rings. The molecule has 0 unspecified atom stereocenters. The van der Waals surface area contributed by atoms with Crippen LogP contribution in [0.4, 0.5) is 0 Å². The molecule has 0 saturated carbocycles. The molecule has 0 aliphatic heterocycles. The van der Waals surface area contributed by atoms with E-state index in [1.54, 1.807) is 0 Å². The van der Waals surface area contributed by atoms with Crippen LogP contribution in [0, 0.1) is 5.41 Å². The minimum absolute atomic E-state index is 0.109. The largest absolute Gasteiger partial charge is 0.326 e. The minimum atomic E-state index is -0.109. The molecule has 0 rings (SSSR count). The van der Waals surface area contributed by atoms with E-state index in [2.05, 4.69) is 0 Å². The van der Waals surface area contributed by atoms with E-state index in [1.807, 2.05) is 20.8 Å². The van der Waals surface area contributed by atoms with Crippen LogP contribution >= 0.6 is 0 Å². The molecule has 0 aliphatic carbocycles. The van der Waals surface area contributed by atoms with E-state index >= 15 is 0 Å². The number of nitrogens with one attached hydrogen (secondary N) is 1. The third-order valence-electron chi connectivity index (χ3n) is 1.14. The molecule has 0 aromatic heterocycles. The average molecular weight is 128 g/mol. The summed E-state index contributed by atoms with van der Waals surface area (Å²) in [4.78, 5) is 0. The first-order valence-electron chi connectivity index (χ1n) is 3.25. The fourth-order valence-electron chi connectivity index (χ4n) is 0.510. The SMILES string of the molecule is CC(=N)CCC(C)(C)N. The van der Waals surface area contributed by atoms with Crippen LogP contribution < -0.4 is 5.73 Å². The van der Waals surface area contributed by atoms with Gasteiger partial charge in [0.05, 0.1) is 0 Å². The lowest BCUT2D eigenvalue weighted by atomic mass is 9.99. The lowest BCUT2D eigenvalue weighted by molar-refractivity contribution is 0.486. The van der Waals surface area contributed by atoms with Crippen LogP contribution in [0.15, 0.2) is 0 Å². The lowest BCUT2D eigenvalue weighted by Crippen LogP contribution is -2.32. The zero-order valence-corrected chi connectivity index (χ0v) is 6.49. The van der Waals surface area contributed by atoms with Gasteiger partial charge in [-0.25, -0.2) is 0 Å². The summed E-state index contributed by atoms with van der Waals surface area (Å²) in [6, 6.07) is 0. The maximum atomic E-state index is 7.12. The maximum Gasteiger partial charge on any atom is 0.0101 e. The van der Waals surface area contributed by atoms with Crippen molar-refractivity contribution in [3.63, 3.8) is 0 Å². The van der Waals surface area contributed by atoms with Crippen molar-refractivity contribution in [1.29, 1.82) is 5.41 Å². The molecular formula is C7H16N2. The molecule has 2 heteroatoms. The molecule has 54 valence electrons. The number of rotatable bonds is 3. The van der Waals surface area contributed by atoms with Gasteiger partial charge in [-0.05, 0) is 33.6 Å². The summed E-state index contributed by atoms with van der Waals surface area (Å²) in [6.45, 7) is 5.78. The van der Waals surface area contributed by atoms with Gasteiger partial charge < -0.3 is 11.1 Å².